The molecule has 2 aromatic rings. The number of rotatable bonds is 6. The number of hydrogen-bond donors (Lipinski definition) is 1. The molecule has 0 spiro atoms. The first-order valence-corrected chi connectivity index (χ1v) is 9.41. The first-order chi connectivity index (χ1) is 12.4. The summed E-state index contributed by atoms with van der Waals surface area (Å²) in [5.74, 6) is -0.0742. The molecule has 26 heavy (non-hydrogen) atoms. The fourth-order valence-corrected chi connectivity index (χ4v) is 3.66. The zero-order chi connectivity index (χ0) is 18.7. The molecule has 136 valence electrons. The molecule has 0 bridgehead atoms. The highest BCUT2D eigenvalue weighted by Gasteiger charge is 2.32. The van der Waals surface area contributed by atoms with E-state index < -0.39 is 16.8 Å². The summed E-state index contributed by atoms with van der Waals surface area (Å²) in [5.41, 5.74) is 0.201. The molecular weight excluding hydrogens is 352 g/mol. The van der Waals surface area contributed by atoms with Crippen molar-refractivity contribution in [2.75, 3.05) is 6.54 Å². The minimum absolute atomic E-state index is 0.0491. The van der Waals surface area contributed by atoms with E-state index in [-0.39, 0.29) is 17.9 Å². The number of nitrogens with zero attached hydrogens (tertiary/aromatic N) is 1. The van der Waals surface area contributed by atoms with Crippen molar-refractivity contribution in [3.05, 3.63) is 46.3 Å². The van der Waals surface area contributed by atoms with Crippen LogP contribution in [-0.4, -0.2) is 28.7 Å². The summed E-state index contributed by atoms with van der Waals surface area (Å²) >= 11 is 1.14. The minimum Gasteiger partial charge on any atom is -0.422 e. The number of nitrogens with one attached hydrogen (secondary N) is 1. The molecular formula is C19H20N2O4S. The number of fused-ring (bicyclic) bond motifs is 1. The number of aliphatic imine (C=N–C) groups is 1. The summed E-state index contributed by atoms with van der Waals surface area (Å²) in [4.78, 5) is 40.3. The van der Waals surface area contributed by atoms with Crippen LogP contribution in [0.1, 0.15) is 32.3 Å². The van der Waals surface area contributed by atoms with Crippen LogP contribution in [-0.2, 0) is 9.59 Å². The van der Waals surface area contributed by atoms with Crippen molar-refractivity contribution < 1.29 is 14.0 Å². The molecule has 1 aliphatic heterocycles. The standard InChI is InChI=1S/C19H20N2O4S/c1-11(2)7-8-20-16(22)10-15-17(23)21-18(26-15)13-9-12-5-3-4-6-14(12)25-19(13)24/h3-6,9,11,15H,7-8,10H2,1-2H3,(H,20,22)/t15-/m1/s1. The molecule has 1 aromatic carbocycles. The molecule has 2 heterocycles. The highest BCUT2D eigenvalue weighted by Crippen LogP contribution is 2.29. The van der Waals surface area contributed by atoms with Crippen molar-refractivity contribution in [3.63, 3.8) is 0 Å². The third kappa shape index (κ3) is 4.22. The van der Waals surface area contributed by atoms with Crippen molar-refractivity contribution >= 4 is 39.6 Å². The number of hydrogen-bond acceptors (Lipinski definition) is 5. The van der Waals surface area contributed by atoms with E-state index in [4.69, 9.17) is 4.42 Å². The lowest BCUT2D eigenvalue weighted by Crippen LogP contribution is -2.29. The molecule has 0 saturated carbocycles. The van der Waals surface area contributed by atoms with E-state index in [0.717, 1.165) is 23.6 Å². The van der Waals surface area contributed by atoms with Gasteiger partial charge in [-0.3, -0.25) is 9.59 Å². The predicted molar refractivity (Wildman–Crippen MR) is 102 cm³/mol. The van der Waals surface area contributed by atoms with Crippen molar-refractivity contribution in [1.82, 2.24) is 5.32 Å². The van der Waals surface area contributed by atoms with Gasteiger partial charge in [-0.25, -0.2) is 9.79 Å². The molecule has 6 nitrogen and oxygen atoms in total. The second-order valence-electron chi connectivity index (χ2n) is 6.58. The Labute approximate surface area is 155 Å². The Morgan fingerprint density at radius 3 is 2.85 bits per heavy atom. The lowest BCUT2D eigenvalue weighted by Gasteiger charge is -2.09. The van der Waals surface area contributed by atoms with Gasteiger partial charge >= 0.3 is 5.63 Å². The van der Waals surface area contributed by atoms with Gasteiger partial charge in [0.2, 0.25) is 5.91 Å². The van der Waals surface area contributed by atoms with Gasteiger partial charge in [0.1, 0.15) is 15.9 Å². The van der Waals surface area contributed by atoms with Crippen LogP contribution in [0.4, 0.5) is 0 Å². The van der Waals surface area contributed by atoms with E-state index in [0.29, 0.717) is 23.1 Å². The van der Waals surface area contributed by atoms with E-state index >= 15 is 0 Å². The van der Waals surface area contributed by atoms with Gasteiger partial charge in [-0.2, -0.15) is 0 Å². The monoisotopic (exact) mass is 372 g/mol. The van der Waals surface area contributed by atoms with Gasteiger partial charge in [0, 0.05) is 18.4 Å². The highest BCUT2D eigenvalue weighted by atomic mass is 32.2. The summed E-state index contributed by atoms with van der Waals surface area (Å²) in [6.07, 6.45) is 0.935. The molecule has 0 radical (unpaired) electrons. The lowest BCUT2D eigenvalue weighted by molar-refractivity contribution is -0.124. The molecule has 0 saturated heterocycles. The zero-order valence-corrected chi connectivity index (χ0v) is 15.5. The summed E-state index contributed by atoms with van der Waals surface area (Å²) in [7, 11) is 0. The molecule has 0 fully saturated rings. The molecule has 2 amide bonds. The highest BCUT2D eigenvalue weighted by molar-refractivity contribution is 8.16. The first kappa shape index (κ1) is 18.4. The zero-order valence-electron chi connectivity index (χ0n) is 14.7. The Kier molecular flexibility index (Phi) is 5.56. The maximum atomic E-state index is 12.2. The van der Waals surface area contributed by atoms with Gasteiger partial charge in [-0.05, 0) is 24.5 Å². The van der Waals surface area contributed by atoms with Crippen molar-refractivity contribution in [2.24, 2.45) is 10.9 Å². The van der Waals surface area contributed by atoms with Crippen molar-refractivity contribution in [2.45, 2.75) is 31.9 Å². The first-order valence-electron chi connectivity index (χ1n) is 8.53. The minimum atomic E-state index is -0.602. The topological polar surface area (TPSA) is 88.7 Å². The van der Waals surface area contributed by atoms with E-state index in [2.05, 4.69) is 24.2 Å². The Hall–Kier alpha value is -2.41. The van der Waals surface area contributed by atoms with E-state index in [1.165, 1.54) is 0 Å². The van der Waals surface area contributed by atoms with E-state index in [1.54, 1.807) is 18.2 Å². The van der Waals surface area contributed by atoms with Crippen LogP contribution < -0.4 is 10.9 Å². The van der Waals surface area contributed by atoms with Gasteiger partial charge in [-0.1, -0.05) is 43.8 Å². The maximum Gasteiger partial charge on any atom is 0.346 e. The van der Waals surface area contributed by atoms with Crippen LogP contribution in [0.3, 0.4) is 0 Å². The Morgan fingerprint density at radius 1 is 1.31 bits per heavy atom. The summed E-state index contributed by atoms with van der Waals surface area (Å²) in [6, 6.07) is 8.82. The quantitative estimate of drug-likeness (QED) is 0.788. The van der Waals surface area contributed by atoms with Crippen LogP contribution in [0, 0.1) is 5.92 Å². The molecule has 1 N–H and O–H groups in total. The van der Waals surface area contributed by atoms with Crippen LogP contribution in [0.5, 0.6) is 0 Å². The van der Waals surface area contributed by atoms with Crippen LogP contribution in [0.15, 0.2) is 44.5 Å². The van der Waals surface area contributed by atoms with Crippen LogP contribution in [0.2, 0.25) is 0 Å². The van der Waals surface area contributed by atoms with Gasteiger partial charge in [0.05, 0.1) is 5.56 Å². The third-order valence-electron chi connectivity index (χ3n) is 4.03. The summed E-state index contributed by atoms with van der Waals surface area (Å²) in [5, 5.41) is 3.29. The second-order valence-corrected chi connectivity index (χ2v) is 7.78. The van der Waals surface area contributed by atoms with Crippen LogP contribution in [0.25, 0.3) is 11.0 Å². The predicted octanol–water partition coefficient (Wildman–Crippen LogP) is 2.73. The van der Waals surface area contributed by atoms with Gasteiger partial charge < -0.3 is 9.73 Å². The summed E-state index contributed by atoms with van der Waals surface area (Å²) < 4.78 is 5.29. The fraction of sp³-hybridized carbons (Fsp3) is 0.368. The van der Waals surface area contributed by atoms with Crippen LogP contribution >= 0.6 is 11.8 Å². The van der Waals surface area contributed by atoms with Gasteiger partial charge in [0.25, 0.3) is 5.91 Å². The lowest BCUT2D eigenvalue weighted by atomic mass is 10.1. The molecule has 0 aliphatic carbocycles. The van der Waals surface area contributed by atoms with E-state index in [9.17, 15) is 14.4 Å². The Morgan fingerprint density at radius 2 is 2.08 bits per heavy atom. The number of carbonyl (C=O) groups is 2. The number of para-hydroxylation sites is 1. The number of thioether (sulfide) groups is 1. The second kappa shape index (κ2) is 7.86. The molecule has 7 heteroatoms. The number of amides is 2. The molecule has 3 rings (SSSR count). The largest absolute Gasteiger partial charge is 0.422 e. The average Bonchev–Trinajstić information content (AvgIpc) is 2.94. The third-order valence-corrected chi connectivity index (χ3v) is 5.21. The van der Waals surface area contributed by atoms with E-state index in [1.807, 2.05) is 12.1 Å². The van der Waals surface area contributed by atoms with Crippen molar-refractivity contribution in [3.8, 4) is 0 Å². The summed E-state index contributed by atoms with van der Waals surface area (Å²) in [6.45, 7) is 4.75. The Bertz CT molecular complexity index is 933. The SMILES string of the molecule is CC(C)CCNC(=O)C[C@H]1SC(c2cc3ccccc3oc2=O)=NC1=O. The van der Waals surface area contributed by atoms with Crippen molar-refractivity contribution in [1.29, 1.82) is 0 Å². The molecule has 1 aliphatic rings. The fourth-order valence-electron chi connectivity index (χ4n) is 2.59. The van der Waals surface area contributed by atoms with Gasteiger partial charge in [0.15, 0.2) is 0 Å². The molecule has 1 atom stereocenters. The maximum absolute atomic E-state index is 12.2. The smallest absolute Gasteiger partial charge is 0.346 e. The molecule has 1 aromatic heterocycles. The average molecular weight is 372 g/mol. The molecule has 0 unspecified atom stereocenters. The number of benzene rings is 1. The number of carbonyl (C=O) groups excluding carboxylic acids is 2. The van der Waals surface area contributed by atoms with Gasteiger partial charge in [-0.15, -0.1) is 0 Å². The Balaban J connectivity index is 1.69. The normalized spacial score (nSPS) is 17.0.